The van der Waals surface area contributed by atoms with Gasteiger partial charge < -0.3 is 4.90 Å². The van der Waals surface area contributed by atoms with Gasteiger partial charge in [0, 0.05) is 19.8 Å². The van der Waals surface area contributed by atoms with Gasteiger partial charge in [-0.15, -0.1) is 11.3 Å². The van der Waals surface area contributed by atoms with Gasteiger partial charge >= 0.3 is 0 Å². The largest absolute Gasteiger partial charge is 0.337 e. The van der Waals surface area contributed by atoms with Crippen LogP contribution in [-0.2, 0) is 13.1 Å². The Morgan fingerprint density at radius 1 is 1.30 bits per heavy atom. The highest BCUT2D eigenvalue weighted by Crippen LogP contribution is 2.19. The van der Waals surface area contributed by atoms with E-state index in [0.29, 0.717) is 16.6 Å². The van der Waals surface area contributed by atoms with Crippen LogP contribution < -0.4 is 0 Å². The molecule has 23 heavy (non-hydrogen) atoms. The van der Waals surface area contributed by atoms with Crippen molar-refractivity contribution in [2.45, 2.75) is 25.9 Å². The molecule has 3 heterocycles. The smallest absolute Gasteiger partial charge is 0.265 e. The van der Waals surface area contributed by atoms with E-state index in [-0.39, 0.29) is 5.91 Å². The molecule has 1 amide bonds. The molecule has 0 aliphatic carbocycles. The Kier molecular flexibility index (Phi) is 5.25. The van der Waals surface area contributed by atoms with Crippen molar-refractivity contribution in [2.75, 3.05) is 20.1 Å². The number of carbonyl (C=O) groups is 1. The lowest BCUT2D eigenvalue weighted by molar-refractivity contribution is 0.0789. The lowest BCUT2D eigenvalue weighted by atomic mass is 10.2. The number of halogens is 1. The molecule has 3 rings (SSSR count). The van der Waals surface area contributed by atoms with E-state index in [1.807, 2.05) is 6.07 Å². The molecule has 1 saturated heterocycles. The third-order valence-corrected chi connectivity index (χ3v) is 5.07. The third-order valence-electron chi connectivity index (χ3n) is 3.88. The summed E-state index contributed by atoms with van der Waals surface area (Å²) in [4.78, 5) is 25.7. The number of pyridine rings is 1. The van der Waals surface area contributed by atoms with Crippen molar-refractivity contribution in [3.05, 3.63) is 45.1 Å². The number of rotatable bonds is 5. The van der Waals surface area contributed by atoms with Crippen LogP contribution in [0.2, 0.25) is 5.15 Å². The summed E-state index contributed by atoms with van der Waals surface area (Å²) in [6.07, 6.45) is 5.90. The van der Waals surface area contributed by atoms with E-state index in [4.69, 9.17) is 11.6 Å². The van der Waals surface area contributed by atoms with E-state index in [9.17, 15) is 4.79 Å². The Morgan fingerprint density at radius 3 is 2.78 bits per heavy atom. The van der Waals surface area contributed by atoms with Crippen LogP contribution in [0.5, 0.6) is 0 Å². The highest BCUT2D eigenvalue weighted by molar-refractivity contribution is 7.13. The highest BCUT2D eigenvalue weighted by atomic mass is 35.5. The fraction of sp³-hybridized carbons (Fsp3) is 0.438. The quantitative estimate of drug-likeness (QED) is 0.778. The zero-order valence-corrected chi connectivity index (χ0v) is 14.6. The standard InChI is InChI=1S/C16H19ClN4OS/c1-20(10-12-4-5-14(17)18-8-12)16(22)13-9-19-15(23-13)11-21-6-2-3-7-21/h4-5,8-9H,2-3,6-7,10-11H2,1H3. The van der Waals surface area contributed by atoms with E-state index in [0.717, 1.165) is 30.2 Å². The molecule has 5 nitrogen and oxygen atoms in total. The van der Waals surface area contributed by atoms with Gasteiger partial charge in [0.25, 0.3) is 5.91 Å². The number of carbonyl (C=O) groups excluding carboxylic acids is 1. The molecule has 1 fully saturated rings. The second-order valence-corrected chi connectivity index (χ2v) is 7.25. The maximum Gasteiger partial charge on any atom is 0.265 e. The summed E-state index contributed by atoms with van der Waals surface area (Å²) in [5, 5.41) is 1.47. The molecule has 2 aromatic rings. The van der Waals surface area contributed by atoms with Crippen LogP contribution in [0.4, 0.5) is 0 Å². The lowest BCUT2D eigenvalue weighted by Gasteiger charge is -2.16. The molecule has 122 valence electrons. The minimum Gasteiger partial charge on any atom is -0.337 e. The summed E-state index contributed by atoms with van der Waals surface area (Å²) in [5.74, 6) is -0.00915. The normalized spacial score (nSPS) is 15.0. The number of aromatic nitrogens is 2. The van der Waals surface area contributed by atoms with Crippen molar-refractivity contribution in [3.8, 4) is 0 Å². The van der Waals surface area contributed by atoms with Crippen molar-refractivity contribution in [2.24, 2.45) is 0 Å². The van der Waals surface area contributed by atoms with Crippen molar-refractivity contribution < 1.29 is 4.79 Å². The first-order valence-corrected chi connectivity index (χ1v) is 8.84. The summed E-state index contributed by atoms with van der Waals surface area (Å²) in [7, 11) is 1.79. The van der Waals surface area contributed by atoms with Gasteiger partial charge in [0.2, 0.25) is 0 Å². The second-order valence-electron chi connectivity index (χ2n) is 5.75. The first-order valence-electron chi connectivity index (χ1n) is 7.65. The average Bonchev–Trinajstić information content (AvgIpc) is 3.21. The number of nitrogens with zero attached hydrogens (tertiary/aromatic N) is 4. The molecule has 0 spiro atoms. The van der Waals surface area contributed by atoms with Crippen LogP contribution in [0.3, 0.4) is 0 Å². The number of likely N-dealkylation sites (tertiary alicyclic amines) is 1. The Hall–Kier alpha value is -1.50. The summed E-state index contributed by atoms with van der Waals surface area (Å²) in [6, 6.07) is 3.61. The summed E-state index contributed by atoms with van der Waals surface area (Å²) in [6.45, 7) is 3.61. The van der Waals surface area contributed by atoms with Crippen molar-refractivity contribution in [1.82, 2.24) is 19.8 Å². The van der Waals surface area contributed by atoms with Gasteiger partial charge in [-0.25, -0.2) is 9.97 Å². The van der Waals surface area contributed by atoms with Crippen LogP contribution in [0.1, 0.15) is 33.1 Å². The van der Waals surface area contributed by atoms with E-state index in [2.05, 4.69) is 14.9 Å². The molecule has 0 radical (unpaired) electrons. The van der Waals surface area contributed by atoms with Gasteiger partial charge in [0.1, 0.15) is 15.0 Å². The molecule has 0 N–H and O–H groups in total. The molecule has 7 heteroatoms. The zero-order valence-electron chi connectivity index (χ0n) is 13.0. The Morgan fingerprint density at radius 2 is 2.09 bits per heavy atom. The fourth-order valence-electron chi connectivity index (χ4n) is 2.65. The molecule has 0 unspecified atom stereocenters. The van der Waals surface area contributed by atoms with Gasteiger partial charge in [0.15, 0.2) is 0 Å². The fourth-order valence-corrected chi connectivity index (χ4v) is 3.71. The van der Waals surface area contributed by atoms with Crippen molar-refractivity contribution in [1.29, 1.82) is 0 Å². The van der Waals surface area contributed by atoms with Crippen LogP contribution >= 0.6 is 22.9 Å². The van der Waals surface area contributed by atoms with Crippen LogP contribution in [0.15, 0.2) is 24.5 Å². The molecule has 0 bridgehead atoms. The Balaban J connectivity index is 1.60. The molecule has 0 aromatic carbocycles. The summed E-state index contributed by atoms with van der Waals surface area (Å²) >= 11 is 7.27. The van der Waals surface area contributed by atoms with E-state index in [1.165, 1.54) is 24.2 Å². The highest BCUT2D eigenvalue weighted by Gasteiger charge is 2.18. The minimum absolute atomic E-state index is 0.00915. The first kappa shape index (κ1) is 16.4. The third kappa shape index (κ3) is 4.28. The molecule has 2 aromatic heterocycles. The molecular formula is C16H19ClN4OS. The van der Waals surface area contributed by atoms with E-state index in [1.54, 1.807) is 30.4 Å². The number of amides is 1. The minimum atomic E-state index is -0.00915. The van der Waals surface area contributed by atoms with Gasteiger partial charge in [-0.3, -0.25) is 9.69 Å². The maximum absolute atomic E-state index is 12.5. The van der Waals surface area contributed by atoms with Gasteiger partial charge in [-0.05, 0) is 37.6 Å². The summed E-state index contributed by atoms with van der Waals surface area (Å²) in [5.41, 5.74) is 0.951. The number of thiazole rings is 1. The van der Waals surface area contributed by atoms with E-state index < -0.39 is 0 Å². The van der Waals surface area contributed by atoms with Crippen LogP contribution in [0.25, 0.3) is 0 Å². The molecule has 0 atom stereocenters. The maximum atomic E-state index is 12.5. The van der Waals surface area contributed by atoms with Gasteiger partial charge in [0.05, 0.1) is 12.7 Å². The topological polar surface area (TPSA) is 49.3 Å². The van der Waals surface area contributed by atoms with Crippen LogP contribution in [-0.4, -0.2) is 45.8 Å². The first-order chi connectivity index (χ1) is 11.1. The van der Waals surface area contributed by atoms with Gasteiger partial charge in [-0.1, -0.05) is 17.7 Å². The van der Waals surface area contributed by atoms with Crippen molar-refractivity contribution >= 4 is 28.8 Å². The van der Waals surface area contributed by atoms with Crippen LogP contribution in [0, 0.1) is 0 Å². The van der Waals surface area contributed by atoms with Gasteiger partial charge in [-0.2, -0.15) is 0 Å². The Labute approximate surface area is 144 Å². The SMILES string of the molecule is CN(Cc1ccc(Cl)nc1)C(=O)c1cnc(CN2CCCC2)s1. The molecular weight excluding hydrogens is 332 g/mol. The lowest BCUT2D eigenvalue weighted by Crippen LogP contribution is -2.25. The number of hydrogen-bond donors (Lipinski definition) is 0. The zero-order chi connectivity index (χ0) is 16.2. The molecule has 0 saturated carbocycles. The average molecular weight is 351 g/mol. The Bertz CT molecular complexity index is 667. The predicted octanol–water partition coefficient (Wildman–Crippen LogP) is 3.06. The van der Waals surface area contributed by atoms with Crippen molar-refractivity contribution in [3.63, 3.8) is 0 Å². The summed E-state index contributed by atoms with van der Waals surface area (Å²) < 4.78 is 0. The monoisotopic (exact) mass is 350 g/mol. The predicted molar refractivity (Wildman–Crippen MR) is 91.7 cm³/mol. The molecule has 1 aliphatic rings. The number of hydrogen-bond acceptors (Lipinski definition) is 5. The van der Waals surface area contributed by atoms with E-state index >= 15 is 0 Å². The second kappa shape index (κ2) is 7.38. The molecule has 1 aliphatic heterocycles.